The second-order valence-corrected chi connectivity index (χ2v) is 25.5. The number of carboxylic acids is 1. The number of hydrogen-bond acceptors (Lipinski definition) is 23. The normalized spacial score (nSPS) is 24.6. The molecule has 33 heteroatoms. The highest BCUT2D eigenvalue weighted by molar-refractivity contribution is 6.32. The maximum absolute atomic E-state index is 16.0. The van der Waals surface area contributed by atoms with E-state index in [0.717, 1.165) is 66.7 Å². The van der Waals surface area contributed by atoms with Gasteiger partial charge in [-0.1, -0.05) is 80.0 Å². The number of ether oxygens (including phenoxy) is 6. The Kier molecular flexibility index (Phi) is 23.1. The minimum atomic E-state index is -2.32. The number of likely N-dealkylation sites (N-methyl/N-ethyl adjacent to an activating group) is 1. The van der Waals surface area contributed by atoms with Crippen LogP contribution in [0.2, 0.25) is 10.0 Å². The number of hydrogen-bond donors (Lipinski definition) is 17. The molecule has 31 nitrogen and oxygen atoms in total. The minimum Gasteiger partial charge on any atom is -0.508 e. The lowest BCUT2D eigenvalue weighted by Crippen LogP contribution is -2.60. The lowest BCUT2D eigenvalue weighted by Gasteiger charge is -2.41. The quantitative estimate of drug-likeness (QED) is 0.0584. The van der Waals surface area contributed by atoms with Crippen molar-refractivity contribution in [3.63, 3.8) is 0 Å². The molecular weight excluding hydrogens is 1380 g/mol. The number of aliphatic hydroxyl groups is 5. The lowest BCUT2D eigenvalue weighted by atomic mass is 9.89. The first-order valence-electron chi connectivity index (χ1n) is 31.7. The highest BCUT2D eigenvalue weighted by Crippen LogP contribution is 2.49. The van der Waals surface area contributed by atoms with E-state index < -0.39 is 207 Å². The number of benzene rings is 6. The van der Waals surface area contributed by atoms with Crippen LogP contribution in [0.3, 0.4) is 0 Å². The van der Waals surface area contributed by atoms with Crippen LogP contribution >= 0.6 is 23.2 Å². The van der Waals surface area contributed by atoms with E-state index in [0.29, 0.717) is 11.3 Å². The summed E-state index contributed by atoms with van der Waals surface area (Å²) in [6, 6.07) is 6.19. The number of rotatable bonds is 17. The van der Waals surface area contributed by atoms with Gasteiger partial charge in [0.25, 0.3) is 0 Å². The standard InChI is InChI=1S/C69H72Cl2N8O23/c1-5-15-97-35-8-6-7-29(17-35)27-98-61-58(87)48(26-80)101-69(59(61)88)102-60-46-21-33-22-47(60)100-45-14-11-32(20-39(45)71)57(86)55-67(94)77-53(68(95)96)37-23-34(81)24-43(83)50(37)36-18-30(9-12-42(36)82)51(64(91)79-55)76-65(92)52(33)75-63(90)41(25-49(72)84)74-66(93)54(78-62(89)40(73-4)16-28(2)3)56(85)31-10-13-44(99-46)38(70)19-31/h5-14,17-24,28,40-41,48,51-59,61,69,73,80-83,85-88H,1,15-16,25-27H2,2-4H3,(H2,72,84)(H,74,93)(H,75,90)(H,76,92)(H,77,94)(H,78,89)(H,79,91)(H,95,96)/t40-,41+,48-,51-,52-,53+,54-,55+,56-,57-,58-,59-,61+,69+/m1/s1. The van der Waals surface area contributed by atoms with E-state index >= 15 is 14.4 Å². The zero-order valence-corrected chi connectivity index (χ0v) is 55.9. The molecular formula is C69H72Cl2N8O23. The maximum Gasteiger partial charge on any atom is 0.330 e. The molecule has 0 aromatic heterocycles. The molecule has 6 aromatic carbocycles. The van der Waals surface area contributed by atoms with Crippen molar-refractivity contribution in [2.45, 2.75) is 119 Å². The molecule has 540 valence electrons. The van der Waals surface area contributed by atoms with Gasteiger partial charge in [0.05, 0.1) is 35.7 Å². The van der Waals surface area contributed by atoms with Gasteiger partial charge in [0.1, 0.15) is 108 Å². The van der Waals surface area contributed by atoms with Gasteiger partial charge in [-0.2, -0.15) is 0 Å². The molecule has 6 aromatic rings. The number of carbonyl (C=O) groups is 8. The molecule has 14 atom stereocenters. The van der Waals surface area contributed by atoms with E-state index in [1.165, 1.54) is 25.3 Å². The molecule has 7 amide bonds. The molecule has 6 heterocycles. The summed E-state index contributed by atoms with van der Waals surface area (Å²) in [6.07, 6.45) is -12.6. The van der Waals surface area contributed by atoms with Gasteiger partial charge in [-0.3, -0.25) is 33.6 Å². The van der Waals surface area contributed by atoms with Crippen molar-refractivity contribution in [3.8, 4) is 62.9 Å². The number of carboxylic acid groups (broad SMARTS) is 1. The zero-order chi connectivity index (χ0) is 73.7. The van der Waals surface area contributed by atoms with Crippen molar-refractivity contribution < 1.29 is 113 Å². The van der Waals surface area contributed by atoms with Gasteiger partial charge in [0.2, 0.25) is 53.4 Å². The third kappa shape index (κ3) is 16.4. The number of amides is 7. The number of phenolic OH excluding ortho intramolecular Hbond substituents is 3. The van der Waals surface area contributed by atoms with Crippen molar-refractivity contribution in [3.05, 3.63) is 159 Å². The van der Waals surface area contributed by atoms with Crippen LogP contribution < -0.4 is 61.9 Å². The molecule has 11 bridgehead atoms. The molecule has 6 aliphatic heterocycles. The fraction of sp³-hybridized carbons (Fsp3) is 0.333. The molecule has 0 saturated carbocycles. The Morgan fingerprint density at radius 2 is 1.34 bits per heavy atom. The molecule has 12 rings (SSSR count). The number of aliphatic hydroxyl groups excluding tert-OH is 5. The summed E-state index contributed by atoms with van der Waals surface area (Å²) in [6.45, 7) is 6.27. The fourth-order valence-corrected chi connectivity index (χ4v) is 12.4. The van der Waals surface area contributed by atoms with Crippen molar-refractivity contribution in [2.24, 2.45) is 11.7 Å². The first kappa shape index (κ1) is 74.4. The summed E-state index contributed by atoms with van der Waals surface area (Å²) in [7, 11) is 1.48. The van der Waals surface area contributed by atoms with E-state index in [9.17, 15) is 69.9 Å². The molecule has 0 unspecified atom stereocenters. The number of primary amides is 1. The van der Waals surface area contributed by atoms with Crippen molar-refractivity contribution in [2.75, 3.05) is 20.3 Å². The van der Waals surface area contributed by atoms with Crippen LogP contribution in [0.25, 0.3) is 11.1 Å². The predicted octanol–water partition coefficient (Wildman–Crippen LogP) is 2.66. The summed E-state index contributed by atoms with van der Waals surface area (Å²) < 4.78 is 37.6. The molecule has 0 spiro atoms. The second kappa shape index (κ2) is 31.7. The average Bonchev–Trinajstić information content (AvgIpc) is 0.757. The van der Waals surface area contributed by atoms with E-state index in [-0.39, 0.29) is 58.8 Å². The van der Waals surface area contributed by atoms with Gasteiger partial charge in [-0.25, -0.2) is 4.79 Å². The maximum atomic E-state index is 16.0. The van der Waals surface area contributed by atoms with Crippen LogP contribution in [0.1, 0.15) is 90.4 Å². The second-order valence-electron chi connectivity index (χ2n) is 24.7. The Bertz CT molecular complexity index is 4260. The van der Waals surface area contributed by atoms with Gasteiger partial charge >= 0.3 is 5.97 Å². The first-order chi connectivity index (χ1) is 48.5. The molecule has 1 saturated heterocycles. The Labute approximate surface area is 590 Å². The highest BCUT2D eigenvalue weighted by atomic mass is 35.5. The summed E-state index contributed by atoms with van der Waals surface area (Å²) in [5.41, 5.74) is 3.48. The van der Waals surface area contributed by atoms with Gasteiger partial charge in [-0.05, 0) is 114 Å². The zero-order valence-electron chi connectivity index (χ0n) is 54.4. The largest absolute Gasteiger partial charge is 0.508 e. The number of carbonyl (C=O) groups excluding carboxylic acids is 7. The van der Waals surface area contributed by atoms with E-state index in [1.54, 1.807) is 24.3 Å². The molecule has 0 aliphatic carbocycles. The first-order valence-corrected chi connectivity index (χ1v) is 32.4. The van der Waals surface area contributed by atoms with E-state index in [2.05, 4.69) is 43.8 Å². The number of nitrogens with one attached hydrogen (secondary N) is 7. The van der Waals surface area contributed by atoms with Crippen molar-refractivity contribution in [1.29, 1.82) is 0 Å². The molecule has 0 radical (unpaired) electrons. The third-order valence-corrected chi connectivity index (χ3v) is 17.7. The summed E-state index contributed by atoms with van der Waals surface area (Å²) >= 11 is 14.1. The predicted molar refractivity (Wildman–Crippen MR) is 358 cm³/mol. The number of aromatic hydroxyl groups is 3. The van der Waals surface area contributed by atoms with Gasteiger partial charge in [0, 0.05) is 22.8 Å². The van der Waals surface area contributed by atoms with Crippen molar-refractivity contribution >= 4 is 70.5 Å². The Morgan fingerprint density at radius 1 is 0.706 bits per heavy atom. The number of aliphatic carboxylic acids is 1. The summed E-state index contributed by atoms with van der Waals surface area (Å²) in [4.78, 5) is 117. The number of phenols is 3. The average molecular weight is 1450 g/mol. The van der Waals surface area contributed by atoms with Crippen LogP contribution in [0, 0.1) is 5.92 Å². The number of nitrogens with two attached hydrogens (primary N) is 1. The van der Waals surface area contributed by atoms with Gasteiger partial charge in [0.15, 0.2) is 17.5 Å². The van der Waals surface area contributed by atoms with E-state index in [4.69, 9.17) is 57.4 Å². The topological polar surface area (TPSA) is 484 Å². The Hall–Kier alpha value is -10.3. The minimum absolute atomic E-state index is 0.0899. The Balaban J connectivity index is 1.21. The van der Waals surface area contributed by atoms with Crippen LogP contribution in [-0.4, -0.2) is 168 Å². The third-order valence-electron chi connectivity index (χ3n) is 17.1. The summed E-state index contributed by atoms with van der Waals surface area (Å²) in [5, 5.41) is 120. The number of fused-ring (bicyclic) bond motifs is 15. The van der Waals surface area contributed by atoms with E-state index in [1.807, 2.05) is 13.8 Å². The van der Waals surface area contributed by atoms with Crippen LogP contribution in [0.15, 0.2) is 116 Å². The monoisotopic (exact) mass is 1450 g/mol. The SMILES string of the molecule is C=CCOc1cccc(CO[C@@H]2[C@@H](O)[C@H](Oc3c4cc5cc3Oc3ccc(cc3Cl)[C@@H](O)[C@@H](NC(=O)[C@@H](CC(C)C)NC)C(=O)N[C@@H](CC(N)=O)C(=O)N[C@H]5C(=O)N[C@H]3C(=O)N[C@H](C(=O)N[C@H](C(=O)O)c5cc(O)cc(O)c5-c5cc3ccc5O)[C@H](O)c3ccc(c(Cl)c3)O4)O[C@H](CO)[C@H]2O)c1. The van der Waals surface area contributed by atoms with Crippen LogP contribution in [-0.2, 0) is 54.4 Å². The molecule has 1 fully saturated rings. The van der Waals surface area contributed by atoms with Gasteiger partial charge in [-0.15, -0.1) is 0 Å². The Morgan fingerprint density at radius 3 is 1.96 bits per heavy atom. The van der Waals surface area contributed by atoms with Crippen LogP contribution in [0.5, 0.6) is 51.7 Å². The summed E-state index contributed by atoms with van der Waals surface area (Å²) in [5.74, 6) is -15.3. The van der Waals surface area contributed by atoms with Crippen molar-refractivity contribution in [1.82, 2.24) is 37.2 Å². The molecule has 18 N–H and O–H groups in total. The fourth-order valence-electron chi connectivity index (χ4n) is 12.0. The molecule has 102 heavy (non-hydrogen) atoms. The smallest absolute Gasteiger partial charge is 0.330 e. The van der Waals surface area contributed by atoms with Gasteiger partial charge < -0.3 is 117 Å². The highest BCUT2D eigenvalue weighted by Gasteiger charge is 2.48. The lowest BCUT2D eigenvalue weighted by molar-refractivity contribution is -0.287. The number of halogens is 2. The molecule has 6 aliphatic rings. The van der Waals surface area contributed by atoms with Crippen LogP contribution in [0.4, 0.5) is 0 Å².